The first-order valence-electron chi connectivity index (χ1n) is 7.00. The number of para-hydroxylation sites is 1. The third-order valence-corrected chi connectivity index (χ3v) is 3.88. The highest BCUT2D eigenvalue weighted by Gasteiger charge is 2.28. The molecule has 1 aliphatic heterocycles. The fourth-order valence-electron chi connectivity index (χ4n) is 2.93. The van der Waals surface area contributed by atoms with E-state index in [1.54, 1.807) is 29.8 Å². The van der Waals surface area contributed by atoms with Gasteiger partial charge in [0, 0.05) is 12.0 Å². The predicted octanol–water partition coefficient (Wildman–Crippen LogP) is 1.94. The second kappa shape index (κ2) is 4.66. The number of H-pyrrole nitrogens is 1. The highest BCUT2D eigenvalue weighted by molar-refractivity contribution is 5.69. The molecule has 0 aliphatic carbocycles. The number of fused-ring (bicyclic) bond motifs is 2. The third kappa shape index (κ3) is 1.82. The van der Waals surface area contributed by atoms with Gasteiger partial charge in [0.2, 0.25) is 0 Å². The molecule has 1 aromatic carbocycles. The molecule has 2 aromatic heterocycles. The standard InChI is InChI=1S/C15H13FN4O2/c1-8-17-7-11-14(18-8)20(15(21)19-11)12-5-6-22-13-9(12)3-2-4-10(13)16/h2-4,7,12H,5-6H2,1H3,(H,19,21)/t12-/m1/s1. The molecule has 0 radical (unpaired) electrons. The molecule has 1 N–H and O–H groups in total. The van der Waals surface area contributed by atoms with Crippen molar-refractivity contribution in [2.24, 2.45) is 0 Å². The number of benzene rings is 1. The van der Waals surface area contributed by atoms with Crippen LogP contribution in [0, 0.1) is 12.7 Å². The number of nitrogens with one attached hydrogen (secondary N) is 1. The monoisotopic (exact) mass is 300 g/mol. The summed E-state index contributed by atoms with van der Waals surface area (Å²) in [5, 5.41) is 0. The molecule has 3 heterocycles. The van der Waals surface area contributed by atoms with Crippen LogP contribution in [0.25, 0.3) is 11.2 Å². The van der Waals surface area contributed by atoms with Gasteiger partial charge in [-0.1, -0.05) is 12.1 Å². The van der Waals surface area contributed by atoms with Crippen LogP contribution < -0.4 is 10.4 Å². The van der Waals surface area contributed by atoms with Crippen molar-refractivity contribution in [2.45, 2.75) is 19.4 Å². The van der Waals surface area contributed by atoms with Gasteiger partial charge in [-0.3, -0.25) is 4.57 Å². The van der Waals surface area contributed by atoms with E-state index < -0.39 is 5.82 Å². The Balaban J connectivity index is 1.98. The van der Waals surface area contributed by atoms with Gasteiger partial charge in [-0.2, -0.15) is 0 Å². The zero-order chi connectivity index (χ0) is 15.3. The molecule has 0 bridgehead atoms. The summed E-state index contributed by atoms with van der Waals surface area (Å²) in [6.45, 7) is 2.11. The maximum atomic E-state index is 13.9. The minimum atomic E-state index is -0.416. The number of aromatic amines is 1. The topological polar surface area (TPSA) is 72.8 Å². The van der Waals surface area contributed by atoms with E-state index in [0.717, 1.165) is 0 Å². The molecule has 0 unspecified atom stereocenters. The van der Waals surface area contributed by atoms with E-state index in [1.807, 2.05) is 0 Å². The highest BCUT2D eigenvalue weighted by atomic mass is 19.1. The summed E-state index contributed by atoms with van der Waals surface area (Å²) in [4.78, 5) is 23.5. The maximum Gasteiger partial charge on any atom is 0.328 e. The number of hydrogen-bond donors (Lipinski definition) is 1. The molecule has 0 amide bonds. The van der Waals surface area contributed by atoms with Crippen molar-refractivity contribution < 1.29 is 9.13 Å². The van der Waals surface area contributed by atoms with E-state index in [1.165, 1.54) is 6.07 Å². The molecule has 7 heteroatoms. The molecule has 3 aromatic rings. The average Bonchev–Trinajstić information content (AvgIpc) is 2.82. The average molecular weight is 300 g/mol. The van der Waals surface area contributed by atoms with E-state index in [2.05, 4.69) is 15.0 Å². The molecule has 4 rings (SSSR count). The molecule has 112 valence electrons. The first-order chi connectivity index (χ1) is 10.6. The summed E-state index contributed by atoms with van der Waals surface area (Å²) in [5.41, 5.74) is 1.47. The summed E-state index contributed by atoms with van der Waals surface area (Å²) in [6.07, 6.45) is 2.16. The van der Waals surface area contributed by atoms with Gasteiger partial charge >= 0.3 is 5.69 Å². The van der Waals surface area contributed by atoms with E-state index in [0.29, 0.717) is 35.6 Å². The molecule has 0 saturated heterocycles. The maximum absolute atomic E-state index is 13.9. The Morgan fingerprint density at radius 3 is 3.18 bits per heavy atom. The van der Waals surface area contributed by atoms with Gasteiger partial charge in [-0.25, -0.2) is 19.2 Å². The van der Waals surface area contributed by atoms with Gasteiger partial charge in [0.1, 0.15) is 11.3 Å². The lowest BCUT2D eigenvalue weighted by molar-refractivity contribution is 0.244. The smallest absolute Gasteiger partial charge is 0.328 e. The van der Waals surface area contributed by atoms with Crippen molar-refractivity contribution in [1.82, 2.24) is 19.5 Å². The van der Waals surface area contributed by atoms with Crippen molar-refractivity contribution in [1.29, 1.82) is 0 Å². The number of aromatic nitrogens is 4. The Labute approximate surface area is 124 Å². The van der Waals surface area contributed by atoms with E-state index in [4.69, 9.17) is 4.74 Å². The highest BCUT2D eigenvalue weighted by Crippen LogP contribution is 2.36. The second-order valence-electron chi connectivity index (χ2n) is 5.27. The number of halogens is 1. The summed E-state index contributed by atoms with van der Waals surface area (Å²) in [6, 6.07) is 4.44. The van der Waals surface area contributed by atoms with Gasteiger partial charge in [0.15, 0.2) is 17.2 Å². The number of hydrogen-bond acceptors (Lipinski definition) is 4. The molecule has 0 spiro atoms. The Morgan fingerprint density at radius 2 is 2.32 bits per heavy atom. The lowest BCUT2D eigenvalue weighted by Crippen LogP contribution is -2.28. The van der Waals surface area contributed by atoms with Crippen LogP contribution in [-0.4, -0.2) is 26.1 Å². The summed E-state index contributed by atoms with van der Waals surface area (Å²) in [7, 11) is 0. The number of rotatable bonds is 1. The number of nitrogens with zero attached hydrogens (tertiary/aromatic N) is 3. The van der Waals surface area contributed by atoms with Gasteiger partial charge in [0.25, 0.3) is 0 Å². The quantitative estimate of drug-likeness (QED) is 0.745. The molecule has 1 aliphatic rings. The summed E-state index contributed by atoms with van der Waals surface area (Å²) in [5.74, 6) is 0.374. The molecule has 0 fully saturated rings. The van der Waals surface area contributed by atoms with Crippen molar-refractivity contribution >= 4 is 11.2 Å². The van der Waals surface area contributed by atoms with Crippen molar-refractivity contribution in [3.63, 3.8) is 0 Å². The molecule has 22 heavy (non-hydrogen) atoms. The minimum Gasteiger partial charge on any atom is -0.490 e. The van der Waals surface area contributed by atoms with Crippen LogP contribution in [0.3, 0.4) is 0 Å². The normalized spacial score (nSPS) is 17.3. The second-order valence-corrected chi connectivity index (χ2v) is 5.27. The SMILES string of the molecule is Cc1ncc2[nH]c(=O)n([C@@H]3CCOc4c(F)cccc43)c2n1. The Morgan fingerprint density at radius 1 is 1.45 bits per heavy atom. The van der Waals surface area contributed by atoms with Crippen LogP contribution in [0.1, 0.15) is 23.9 Å². The van der Waals surface area contributed by atoms with Crippen molar-refractivity contribution in [3.05, 3.63) is 52.1 Å². The van der Waals surface area contributed by atoms with Crippen LogP contribution >= 0.6 is 0 Å². The van der Waals surface area contributed by atoms with Crippen LogP contribution in [0.15, 0.2) is 29.2 Å². The van der Waals surface area contributed by atoms with Gasteiger partial charge in [-0.15, -0.1) is 0 Å². The number of aryl methyl sites for hydroxylation is 1. The fraction of sp³-hybridized carbons (Fsp3) is 0.267. The largest absolute Gasteiger partial charge is 0.490 e. The van der Waals surface area contributed by atoms with E-state index in [-0.39, 0.29) is 17.5 Å². The van der Waals surface area contributed by atoms with Crippen LogP contribution in [0.4, 0.5) is 4.39 Å². The van der Waals surface area contributed by atoms with Crippen molar-refractivity contribution in [3.8, 4) is 5.75 Å². The molecule has 6 nitrogen and oxygen atoms in total. The lowest BCUT2D eigenvalue weighted by atomic mass is 10.00. The first-order valence-corrected chi connectivity index (χ1v) is 7.00. The zero-order valence-corrected chi connectivity index (χ0v) is 11.8. The molecular weight excluding hydrogens is 287 g/mol. The Bertz CT molecular complexity index is 931. The summed E-state index contributed by atoms with van der Waals surface area (Å²) >= 11 is 0. The predicted molar refractivity (Wildman–Crippen MR) is 77.5 cm³/mol. The van der Waals surface area contributed by atoms with Gasteiger partial charge in [-0.05, 0) is 13.0 Å². The molecular formula is C15H13FN4O2. The van der Waals surface area contributed by atoms with Crippen LogP contribution in [-0.2, 0) is 0 Å². The summed E-state index contributed by atoms with van der Waals surface area (Å²) < 4.78 is 20.9. The van der Waals surface area contributed by atoms with Crippen molar-refractivity contribution in [2.75, 3.05) is 6.61 Å². The minimum absolute atomic E-state index is 0.214. The Kier molecular flexibility index (Phi) is 2.75. The van der Waals surface area contributed by atoms with Crippen LogP contribution in [0.5, 0.6) is 5.75 Å². The zero-order valence-electron chi connectivity index (χ0n) is 11.8. The molecule has 0 saturated carbocycles. The lowest BCUT2D eigenvalue weighted by Gasteiger charge is -2.26. The Hall–Kier alpha value is -2.70. The van der Waals surface area contributed by atoms with Crippen LogP contribution in [0.2, 0.25) is 0 Å². The first kappa shape index (κ1) is 13.0. The number of imidazole rings is 1. The van der Waals surface area contributed by atoms with E-state index >= 15 is 0 Å². The van der Waals surface area contributed by atoms with Gasteiger partial charge < -0.3 is 9.72 Å². The van der Waals surface area contributed by atoms with E-state index in [9.17, 15) is 9.18 Å². The third-order valence-electron chi connectivity index (χ3n) is 3.88. The molecule has 1 atom stereocenters. The van der Waals surface area contributed by atoms with Gasteiger partial charge in [0.05, 0.1) is 18.8 Å². The number of ether oxygens (including phenoxy) is 1. The fourth-order valence-corrected chi connectivity index (χ4v) is 2.93.